The second-order valence-electron chi connectivity index (χ2n) is 8.35. The van der Waals surface area contributed by atoms with E-state index in [0.717, 1.165) is 0 Å². The number of carbonyl (C=O) groups is 2. The monoisotopic (exact) mass is 492 g/mol. The molecule has 0 aliphatic heterocycles. The van der Waals surface area contributed by atoms with Crippen molar-refractivity contribution in [2.45, 2.75) is 38.6 Å². The maximum Gasteiger partial charge on any atom is 0.251 e. The Kier molecular flexibility index (Phi) is 9.17. The lowest BCUT2D eigenvalue weighted by Crippen LogP contribution is -2.47. The van der Waals surface area contributed by atoms with Gasteiger partial charge in [-0.1, -0.05) is 27.7 Å². The lowest BCUT2D eigenvalue weighted by molar-refractivity contribution is -0.118. The molecule has 1 atom stereocenters. The summed E-state index contributed by atoms with van der Waals surface area (Å²) in [4.78, 5) is 27.6. The smallest absolute Gasteiger partial charge is 0.251 e. The minimum absolute atomic E-state index is 0.0635. The molecule has 0 radical (unpaired) electrons. The Morgan fingerprint density at radius 3 is 2.09 bits per heavy atom. The number of halogens is 1. The first-order valence-electron chi connectivity index (χ1n) is 11.1. The molecule has 10 heteroatoms. The zero-order valence-corrected chi connectivity index (χ0v) is 21.2. The number of rotatable bonds is 10. The van der Waals surface area contributed by atoms with Gasteiger partial charge in [-0.3, -0.25) is 9.59 Å². The van der Waals surface area contributed by atoms with Crippen LogP contribution < -0.4 is 15.5 Å². The first kappa shape index (κ1) is 27.3. The quantitative estimate of drug-likeness (QED) is 0.530. The molecule has 0 saturated carbocycles. The average molecular weight is 493 g/mol. The summed E-state index contributed by atoms with van der Waals surface area (Å²) < 4.78 is 40.5. The first-order valence-corrected chi connectivity index (χ1v) is 12.5. The highest BCUT2D eigenvalue weighted by Gasteiger charge is 2.27. The Morgan fingerprint density at radius 2 is 1.59 bits per heavy atom. The zero-order valence-electron chi connectivity index (χ0n) is 20.4. The molecule has 0 spiro atoms. The van der Waals surface area contributed by atoms with Crippen LogP contribution in [0, 0.1) is 11.7 Å². The number of hydrogen-bond acceptors (Lipinski definition) is 5. The Bertz CT molecular complexity index is 1110. The lowest BCUT2D eigenvalue weighted by atomic mass is 10.0. The Labute approximate surface area is 201 Å². The number of nitrogens with one attached hydrogen (secondary N) is 2. The summed E-state index contributed by atoms with van der Waals surface area (Å²) >= 11 is 0. The molecular weight excluding hydrogens is 459 g/mol. The molecule has 0 aliphatic carbocycles. The summed E-state index contributed by atoms with van der Waals surface area (Å²) in [6, 6.07) is 8.69. The van der Waals surface area contributed by atoms with Crippen LogP contribution in [-0.2, 0) is 14.8 Å². The Hall–Kier alpha value is -2.98. The van der Waals surface area contributed by atoms with Crippen molar-refractivity contribution in [2.75, 3.05) is 37.4 Å². The van der Waals surface area contributed by atoms with Gasteiger partial charge in [-0.05, 0) is 48.4 Å². The van der Waals surface area contributed by atoms with Gasteiger partial charge < -0.3 is 15.5 Å². The van der Waals surface area contributed by atoms with Gasteiger partial charge >= 0.3 is 0 Å². The molecule has 0 saturated heterocycles. The van der Waals surface area contributed by atoms with Gasteiger partial charge in [0.1, 0.15) is 11.9 Å². The normalized spacial score (nSPS) is 12.5. The minimum Gasteiger partial charge on any atom is -0.376 e. The van der Waals surface area contributed by atoms with Gasteiger partial charge in [0.15, 0.2) is 0 Å². The van der Waals surface area contributed by atoms with Crippen molar-refractivity contribution < 1.29 is 22.4 Å². The van der Waals surface area contributed by atoms with E-state index in [1.165, 1.54) is 40.7 Å². The Morgan fingerprint density at radius 1 is 1.00 bits per heavy atom. The maximum atomic E-state index is 13.2. The van der Waals surface area contributed by atoms with E-state index in [4.69, 9.17) is 0 Å². The highest BCUT2D eigenvalue weighted by Crippen LogP contribution is 2.29. The molecule has 186 valence electrons. The summed E-state index contributed by atoms with van der Waals surface area (Å²) in [6.07, 6.45) is 0. The molecule has 0 aliphatic rings. The van der Waals surface area contributed by atoms with Crippen LogP contribution in [0.1, 0.15) is 38.1 Å². The molecular formula is C24H33FN4O4S. The van der Waals surface area contributed by atoms with Crippen molar-refractivity contribution in [2.24, 2.45) is 5.92 Å². The van der Waals surface area contributed by atoms with Crippen LogP contribution >= 0.6 is 0 Å². The third kappa shape index (κ3) is 6.32. The van der Waals surface area contributed by atoms with Crippen molar-refractivity contribution in [3.05, 3.63) is 53.8 Å². The van der Waals surface area contributed by atoms with Crippen molar-refractivity contribution in [1.82, 2.24) is 9.62 Å². The predicted molar refractivity (Wildman–Crippen MR) is 132 cm³/mol. The topological polar surface area (TPSA) is 98.8 Å². The average Bonchev–Trinajstić information content (AvgIpc) is 2.77. The van der Waals surface area contributed by atoms with E-state index >= 15 is 0 Å². The number of amides is 2. The molecule has 0 bridgehead atoms. The maximum absolute atomic E-state index is 13.2. The molecule has 8 nitrogen and oxygen atoms in total. The predicted octanol–water partition coefficient (Wildman–Crippen LogP) is 3.32. The van der Waals surface area contributed by atoms with Crippen LogP contribution in [0.3, 0.4) is 0 Å². The molecule has 34 heavy (non-hydrogen) atoms. The first-order chi connectivity index (χ1) is 15.9. The fourth-order valence-corrected chi connectivity index (χ4v) is 4.93. The molecule has 1 unspecified atom stereocenters. The lowest BCUT2D eigenvalue weighted by Gasteiger charge is -2.25. The van der Waals surface area contributed by atoms with Gasteiger partial charge in [-0.15, -0.1) is 0 Å². The molecule has 0 heterocycles. The number of hydrogen-bond donors (Lipinski definition) is 2. The van der Waals surface area contributed by atoms with Gasteiger partial charge in [-0.25, -0.2) is 12.8 Å². The Balaban J connectivity index is 2.37. The van der Waals surface area contributed by atoms with E-state index in [9.17, 15) is 22.4 Å². The second-order valence-corrected chi connectivity index (χ2v) is 10.3. The fraction of sp³-hybridized carbons (Fsp3) is 0.417. The molecule has 2 rings (SSSR count). The zero-order chi connectivity index (χ0) is 25.6. The van der Waals surface area contributed by atoms with Crippen LogP contribution in [0.15, 0.2) is 47.4 Å². The third-order valence-corrected chi connectivity index (χ3v) is 7.44. The van der Waals surface area contributed by atoms with E-state index in [1.54, 1.807) is 52.8 Å². The van der Waals surface area contributed by atoms with Gasteiger partial charge in [0, 0.05) is 32.7 Å². The summed E-state index contributed by atoms with van der Waals surface area (Å²) in [5, 5.41) is 5.48. The number of carbonyl (C=O) groups excluding carboxylic acids is 2. The van der Waals surface area contributed by atoms with Gasteiger partial charge in [-0.2, -0.15) is 4.31 Å². The molecule has 2 N–H and O–H groups in total. The number of benzene rings is 2. The van der Waals surface area contributed by atoms with E-state index < -0.39 is 33.7 Å². The summed E-state index contributed by atoms with van der Waals surface area (Å²) in [5.74, 6) is -1.74. The molecule has 2 aromatic carbocycles. The van der Waals surface area contributed by atoms with Crippen LogP contribution in [-0.4, -0.2) is 57.8 Å². The second kappa shape index (κ2) is 11.4. The summed E-state index contributed by atoms with van der Waals surface area (Å²) in [6.45, 7) is 7.72. The van der Waals surface area contributed by atoms with E-state index in [1.807, 2.05) is 0 Å². The van der Waals surface area contributed by atoms with E-state index in [2.05, 4.69) is 10.6 Å². The standard InChI is InChI=1S/C24H33FN4O4S/c1-7-29(8-2)34(32,33)19-13-14-21(28(5)6)20(15-19)26-24(31)22(16(3)4)27-23(30)17-9-11-18(25)12-10-17/h9-16,22H,7-8H2,1-6H3,(H,26,31)(H,27,30). The SMILES string of the molecule is CCN(CC)S(=O)(=O)c1ccc(N(C)C)c(NC(=O)C(NC(=O)c2ccc(F)cc2)C(C)C)c1. The van der Waals surface area contributed by atoms with Crippen LogP contribution in [0.5, 0.6) is 0 Å². The fourth-order valence-electron chi connectivity index (χ4n) is 3.45. The van der Waals surface area contributed by atoms with Crippen LogP contribution in [0.4, 0.5) is 15.8 Å². The number of anilines is 2. The largest absolute Gasteiger partial charge is 0.376 e. The number of sulfonamides is 1. The van der Waals surface area contributed by atoms with Gasteiger partial charge in [0.05, 0.1) is 16.3 Å². The third-order valence-electron chi connectivity index (χ3n) is 5.39. The molecule has 0 fully saturated rings. The molecule has 0 aromatic heterocycles. The van der Waals surface area contributed by atoms with Crippen molar-refractivity contribution in [3.8, 4) is 0 Å². The van der Waals surface area contributed by atoms with Crippen LogP contribution in [0.2, 0.25) is 0 Å². The van der Waals surface area contributed by atoms with E-state index in [-0.39, 0.29) is 16.4 Å². The van der Waals surface area contributed by atoms with Crippen LogP contribution in [0.25, 0.3) is 0 Å². The van der Waals surface area contributed by atoms with E-state index in [0.29, 0.717) is 24.5 Å². The van der Waals surface area contributed by atoms with Crippen molar-refractivity contribution in [1.29, 1.82) is 0 Å². The summed E-state index contributed by atoms with van der Waals surface area (Å²) in [5.41, 5.74) is 1.14. The van der Waals surface area contributed by atoms with Crippen molar-refractivity contribution >= 4 is 33.2 Å². The summed E-state index contributed by atoms with van der Waals surface area (Å²) in [7, 11) is -0.179. The van der Waals surface area contributed by atoms with Gasteiger partial charge in [0.25, 0.3) is 5.91 Å². The van der Waals surface area contributed by atoms with Crippen molar-refractivity contribution in [3.63, 3.8) is 0 Å². The highest BCUT2D eigenvalue weighted by molar-refractivity contribution is 7.89. The molecule has 2 aromatic rings. The number of nitrogens with zero attached hydrogens (tertiary/aromatic N) is 2. The van der Waals surface area contributed by atoms with Gasteiger partial charge in [0.2, 0.25) is 15.9 Å². The minimum atomic E-state index is -3.73. The highest BCUT2D eigenvalue weighted by atomic mass is 32.2. The molecule has 2 amide bonds.